The molecule has 144 valence electrons. The third-order valence-electron chi connectivity index (χ3n) is 4.96. The summed E-state index contributed by atoms with van der Waals surface area (Å²) in [5, 5.41) is 10.3. The number of rotatable bonds is 7. The number of hydrogen-bond donors (Lipinski definition) is 2. The quantitative estimate of drug-likeness (QED) is 0.618. The van der Waals surface area contributed by atoms with Crippen LogP contribution in [0.3, 0.4) is 0 Å². The van der Waals surface area contributed by atoms with Crippen LogP contribution in [0.4, 0.5) is 5.95 Å². The molecule has 1 fully saturated rings. The second kappa shape index (κ2) is 8.21. The lowest BCUT2D eigenvalue weighted by Crippen LogP contribution is -2.27. The smallest absolute Gasteiger partial charge is 0.223 e. The number of carbonyl (C=O) groups is 1. The van der Waals surface area contributed by atoms with Gasteiger partial charge in [-0.1, -0.05) is 29.8 Å². The van der Waals surface area contributed by atoms with E-state index in [0.717, 1.165) is 55.0 Å². The first kappa shape index (κ1) is 18.2. The van der Waals surface area contributed by atoms with Gasteiger partial charge in [-0.15, -0.1) is 0 Å². The van der Waals surface area contributed by atoms with E-state index in [1.807, 2.05) is 17.2 Å². The van der Waals surface area contributed by atoms with Crippen LogP contribution in [-0.2, 0) is 4.79 Å². The van der Waals surface area contributed by atoms with Crippen molar-refractivity contribution in [3.8, 4) is 22.5 Å². The molecule has 3 heterocycles. The Morgan fingerprint density at radius 1 is 1.21 bits per heavy atom. The Morgan fingerprint density at radius 2 is 2.07 bits per heavy atom. The predicted octanol–water partition coefficient (Wildman–Crippen LogP) is 3.27. The van der Waals surface area contributed by atoms with Crippen LogP contribution in [0.25, 0.3) is 22.5 Å². The number of nitrogens with zero attached hydrogens (tertiary/aromatic N) is 4. The van der Waals surface area contributed by atoms with E-state index >= 15 is 0 Å². The summed E-state index contributed by atoms with van der Waals surface area (Å²) in [4.78, 5) is 22.9. The highest BCUT2D eigenvalue weighted by molar-refractivity contribution is 5.79. The van der Waals surface area contributed by atoms with Crippen molar-refractivity contribution in [1.82, 2.24) is 25.1 Å². The third-order valence-corrected chi connectivity index (χ3v) is 4.96. The van der Waals surface area contributed by atoms with Crippen LogP contribution in [0.5, 0.6) is 0 Å². The molecule has 2 N–H and O–H groups in total. The molecule has 1 amide bonds. The Morgan fingerprint density at radius 3 is 2.79 bits per heavy atom. The van der Waals surface area contributed by atoms with Crippen LogP contribution >= 0.6 is 0 Å². The van der Waals surface area contributed by atoms with Gasteiger partial charge >= 0.3 is 0 Å². The monoisotopic (exact) mass is 376 g/mol. The Kier molecular flexibility index (Phi) is 5.32. The summed E-state index contributed by atoms with van der Waals surface area (Å²) in [5.41, 5.74) is 4.89. The van der Waals surface area contributed by atoms with E-state index in [-0.39, 0.29) is 5.91 Å². The molecular weight excluding hydrogens is 352 g/mol. The van der Waals surface area contributed by atoms with Crippen molar-refractivity contribution < 1.29 is 4.79 Å². The summed E-state index contributed by atoms with van der Waals surface area (Å²) >= 11 is 0. The van der Waals surface area contributed by atoms with E-state index in [4.69, 9.17) is 4.98 Å². The van der Waals surface area contributed by atoms with Gasteiger partial charge in [0.2, 0.25) is 11.9 Å². The highest BCUT2D eigenvalue weighted by Crippen LogP contribution is 2.29. The lowest BCUT2D eigenvalue weighted by molar-refractivity contribution is -0.127. The lowest BCUT2D eigenvalue weighted by Gasteiger charge is -2.15. The van der Waals surface area contributed by atoms with Crippen molar-refractivity contribution in [2.75, 3.05) is 25.0 Å². The predicted molar refractivity (Wildman–Crippen MR) is 109 cm³/mol. The highest BCUT2D eigenvalue weighted by Gasteiger charge is 2.19. The molecule has 1 aliphatic heterocycles. The molecule has 2 aromatic heterocycles. The summed E-state index contributed by atoms with van der Waals surface area (Å²) < 4.78 is 0. The van der Waals surface area contributed by atoms with E-state index in [0.29, 0.717) is 12.4 Å². The molecule has 0 atom stereocenters. The van der Waals surface area contributed by atoms with Crippen LogP contribution in [0.15, 0.2) is 42.7 Å². The second-order valence-corrected chi connectivity index (χ2v) is 7.06. The van der Waals surface area contributed by atoms with E-state index in [1.165, 1.54) is 5.56 Å². The number of benzene rings is 1. The minimum atomic E-state index is 0.266. The molecule has 1 saturated heterocycles. The first-order chi connectivity index (χ1) is 13.7. The molecule has 1 aromatic carbocycles. The van der Waals surface area contributed by atoms with Crippen LogP contribution in [-0.4, -0.2) is 50.6 Å². The molecule has 1 aliphatic rings. The number of aromatic amines is 1. The molecule has 0 saturated carbocycles. The maximum absolute atomic E-state index is 11.7. The number of carbonyl (C=O) groups excluding carboxylic acids is 1. The van der Waals surface area contributed by atoms with Gasteiger partial charge in [0.25, 0.3) is 0 Å². The standard InChI is InChI=1S/C21H24N6O/c1-15-5-7-16(8-6-15)20-17(18-9-11-24-26-18)14-23-21(25-20)22-10-3-13-27-12-2-4-19(27)28/h5-9,11,14H,2-4,10,12-13H2,1H3,(H,24,26)(H,22,23,25). The topological polar surface area (TPSA) is 86.8 Å². The lowest BCUT2D eigenvalue weighted by atomic mass is 10.0. The van der Waals surface area contributed by atoms with Crippen LogP contribution in [0.2, 0.25) is 0 Å². The number of likely N-dealkylation sites (tertiary alicyclic amines) is 1. The second-order valence-electron chi connectivity index (χ2n) is 7.06. The Hall–Kier alpha value is -3.22. The molecular formula is C21H24N6O. The molecule has 0 aliphatic carbocycles. The van der Waals surface area contributed by atoms with Gasteiger partial charge < -0.3 is 10.2 Å². The number of aryl methyl sites for hydroxylation is 1. The summed E-state index contributed by atoms with van der Waals surface area (Å²) in [6.07, 6.45) is 6.08. The SMILES string of the molecule is Cc1ccc(-c2nc(NCCCN3CCCC3=O)ncc2-c2ccn[nH]2)cc1. The molecule has 28 heavy (non-hydrogen) atoms. The van der Waals surface area contributed by atoms with Gasteiger partial charge in [0.1, 0.15) is 0 Å². The molecule has 0 spiro atoms. The van der Waals surface area contributed by atoms with Crippen molar-refractivity contribution in [1.29, 1.82) is 0 Å². The van der Waals surface area contributed by atoms with E-state index in [1.54, 1.807) is 6.20 Å². The fraction of sp³-hybridized carbons (Fsp3) is 0.333. The first-order valence-electron chi connectivity index (χ1n) is 9.66. The molecule has 4 rings (SSSR count). The van der Waals surface area contributed by atoms with Gasteiger partial charge in [-0.2, -0.15) is 5.10 Å². The number of aromatic nitrogens is 4. The average Bonchev–Trinajstić information content (AvgIpc) is 3.38. The summed E-state index contributed by atoms with van der Waals surface area (Å²) in [7, 11) is 0. The minimum Gasteiger partial charge on any atom is -0.354 e. The summed E-state index contributed by atoms with van der Waals surface area (Å²) in [6.45, 7) is 4.45. The molecule has 3 aromatic rings. The maximum Gasteiger partial charge on any atom is 0.223 e. The van der Waals surface area contributed by atoms with Gasteiger partial charge in [-0.25, -0.2) is 9.97 Å². The molecule has 7 nitrogen and oxygen atoms in total. The van der Waals surface area contributed by atoms with Crippen LogP contribution in [0.1, 0.15) is 24.8 Å². The first-order valence-corrected chi connectivity index (χ1v) is 9.66. The molecule has 0 unspecified atom stereocenters. The zero-order chi connectivity index (χ0) is 19.3. The number of hydrogen-bond acceptors (Lipinski definition) is 5. The summed E-state index contributed by atoms with van der Waals surface area (Å²) in [5.74, 6) is 0.855. The number of H-pyrrole nitrogens is 1. The van der Waals surface area contributed by atoms with E-state index < -0.39 is 0 Å². The number of amides is 1. The normalized spacial score (nSPS) is 13.9. The van der Waals surface area contributed by atoms with Crippen LogP contribution < -0.4 is 5.32 Å². The van der Waals surface area contributed by atoms with Gasteiger partial charge in [0, 0.05) is 49.6 Å². The fourth-order valence-corrected chi connectivity index (χ4v) is 3.41. The third kappa shape index (κ3) is 4.03. The maximum atomic E-state index is 11.7. The van der Waals surface area contributed by atoms with Crippen molar-refractivity contribution in [2.45, 2.75) is 26.2 Å². The van der Waals surface area contributed by atoms with Crippen molar-refractivity contribution in [2.24, 2.45) is 0 Å². The van der Waals surface area contributed by atoms with E-state index in [2.05, 4.69) is 51.7 Å². The average molecular weight is 376 g/mol. The van der Waals surface area contributed by atoms with Crippen molar-refractivity contribution in [3.05, 3.63) is 48.3 Å². The molecule has 7 heteroatoms. The van der Waals surface area contributed by atoms with Gasteiger partial charge in [0.05, 0.1) is 11.4 Å². The van der Waals surface area contributed by atoms with Crippen molar-refractivity contribution >= 4 is 11.9 Å². The fourth-order valence-electron chi connectivity index (χ4n) is 3.41. The Bertz CT molecular complexity index is 936. The van der Waals surface area contributed by atoms with Gasteiger partial charge in [-0.3, -0.25) is 9.89 Å². The Balaban J connectivity index is 1.50. The van der Waals surface area contributed by atoms with Gasteiger partial charge in [0.15, 0.2) is 0 Å². The molecule has 0 bridgehead atoms. The highest BCUT2D eigenvalue weighted by atomic mass is 16.2. The van der Waals surface area contributed by atoms with Crippen LogP contribution in [0, 0.1) is 6.92 Å². The van der Waals surface area contributed by atoms with Gasteiger partial charge in [-0.05, 0) is 25.8 Å². The van der Waals surface area contributed by atoms with Crippen molar-refractivity contribution in [3.63, 3.8) is 0 Å². The Labute approximate surface area is 164 Å². The molecule has 0 radical (unpaired) electrons. The zero-order valence-corrected chi connectivity index (χ0v) is 16.0. The zero-order valence-electron chi connectivity index (χ0n) is 16.0. The minimum absolute atomic E-state index is 0.266. The summed E-state index contributed by atoms with van der Waals surface area (Å²) in [6, 6.07) is 10.2. The number of nitrogens with one attached hydrogen (secondary N) is 2. The largest absolute Gasteiger partial charge is 0.354 e. The number of anilines is 1. The van der Waals surface area contributed by atoms with E-state index in [9.17, 15) is 4.79 Å².